The minimum absolute atomic E-state index is 0. The third-order valence-corrected chi connectivity index (χ3v) is 4.36. The van der Waals surface area contributed by atoms with Crippen LogP contribution in [0.3, 0.4) is 0 Å². The molecule has 138 valence electrons. The Kier molecular flexibility index (Phi) is 9.65. The van der Waals surface area contributed by atoms with Gasteiger partial charge < -0.3 is 15.4 Å². The Hall–Kier alpha value is -1.49. The normalized spacial score (nSPS) is 11.2. The average Bonchev–Trinajstić information content (AvgIpc) is 3.04. The molecule has 9 heteroatoms. The predicted octanol–water partition coefficient (Wildman–Crippen LogP) is 3.79. The van der Waals surface area contributed by atoms with Crippen molar-refractivity contribution in [3.63, 3.8) is 0 Å². The van der Waals surface area contributed by atoms with Crippen LogP contribution in [-0.2, 0) is 19.5 Å². The summed E-state index contributed by atoms with van der Waals surface area (Å²) in [7, 11) is 1.65. The summed E-state index contributed by atoms with van der Waals surface area (Å²) in [6.45, 7) is 0.117. The van der Waals surface area contributed by atoms with E-state index in [1.54, 1.807) is 36.6 Å². The summed E-state index contributed by atoms with van der Waals surface area (Å²) in [5, 5.41) is 7.20. The molecule has 0 radical (unpaired) electrons. The highest BCUT2D eigenvalue weighted by Crippen LogP contribution is 2.20. The highest BCUT2D eigenvalue weighted by molar-refractivity contribution is 14.0. The molecule has 0 aliphatic carbocycles. The Morgan fingerprint density at radius 1 is 1.28 bits per heavy atom. The van der Waals surface area contributed by atoms with Crippen molar-refractivity contribution in [3.8, 4) is 5.75 Å². The molecule has 0 spiro atoms. The van der Waals surface area contributed by atoms with Crippen LogP contribution < -0.4 is 15.4 Å². The van der Waals surface area contributed by atoms with E-state index in [0.29, 0.717) is 24.6 Å². The second-order valence-corrected chi connectivity index (χ2v) is 6.04. The standard InChI is InChI=1S/C16H20F2N4OS.HI/c1-3-12-9-20-14(24-12)10-22-16(19-2)21-8-11-6-4-5-7-13(11)23-15(17)18;/h4-7,9,15H,3,8,10H2,1-2H3,(H2,19,21,22);1H. The SMILES string of the molecule is CCc1cnc(CNC(=NC)NCc2ccccc2OC(F)F)s1.I. The van der Waals surface area contributed by atoms with Gasteiger partial charge >= 0.3 is 6.61 Å². The van der Waals surface area contributed by atoms with Crippen molar-refractivity contribution >= 4 is 41.3 Å². The van der Waals surface area contributed by atoms with E-state index in [-0.39, 0.29) is 29.7 Å². The summed E-state index contributed by atoms with van der Waals surface area (Å²) in [6, 6.07) is 6.67. The van der Waals surface area contributed by atoms with Crippen LogP contribution in [0, 0.1) is 0 Å². The molecule has 0 bridgehead atoms. The Labute approximate surface area is 166 Å². The van der Waals surface area contributed by atoms with Gasteiger partial charge in [-0.3, -0.25) is 4.99 Å². The molecule has 0 aliphatic rings. The van der Waals surface area contributed by atoms with Gasteiger partial charge in [0.1, 0.15) is 10.8 Å². The molecule has 0 unspecified atom stereocenters. The number of aryl methyl sites for hydroxylation is 1. The summed E-state index contributed by atoms with van der Waals surface area (Å²) in [6.07, 6.45) is 2.83. The van der Waals surface area contributed by atoms with Gasteiger partial charge in [-0.1, -0.05) is 25.1 Å². The van der Waals surface area contributed by atoms with E-state index in [1.807, 2.05) is 6.20 Å². The van der Waals surface area contributed by atoms with Crippen LogP contribution in [0.25, 0.3) is 0 Å². The number of hydrogen-bond donors (Lipinski definition) is 2. The van der Waals surface area contributed by atoms with E-state index in [4.69, 9.17) is 0 Å². The van der Waals surface area contributed by atoms with Gasteiger partial charge in [-0.25, -0.2) is 4.98 Å². The Balaban J connectivity index is 0.00000312. The van der Waals surface area contributed by atoms with E-state index in [9.17, 15) is 8.78 Å². The molecule has 2 aromatic rings. The van der Waals surface area contributed by atoms with E-state index in [0.717, 1.165) is 11.4 Å². The van der Waals surface area contributed by atoms with Crippen LogP contribution in [0.15, 0.2) is 35.5 Å². The molecule has 5 nitrogen and oxygen atoms in total. The van der Waals surface area contributed by atoms with Gasteiger partial charge in [-0.15, -0.1) is 35.3 Å². The Morgan fingerprint density at radius 2 is 2.00 bits per heavy atom. The maximum atomic E-state index is 12.4. The van der Waals surface area contributed by atoms with Crippen molar-refractivity contribution in [1.29, 1.82) is 0 Å². The summed E-state index contributed by atoms with van der Waals surface area (Å²) >= 11 is 1.65. The lowest BCUT2D eigenvalue weighted by atomic mass is 10.2. The van der Waals surface area contributed by atoms with Crippen LogP contribution >= 0.6 is 35.3 Å². The maximum absolute atomic E-state index is 12.4. The lowest BCUT2D eigenvalue weighted by Crippen LogP contribution is -2.36. The molecule has 0 atom stereocenters. The predicted molar refractivity (Wildman–Crippen MR) is 107 cm³/mol. The molecular formula is C16H21F2IN4OS. The summed E-state index contributed by atoms with van der Waals surface area (Å²) in [5.41, 5.74) is 0.628. The summed E-state index contributed by atoms with van der Waals surface area (Å²) < 4.78 is 29.4. The first kappa shape index (κ1) is 21.6. The topological polar surface area (TPSA) is 58.5 Å². The molecule has 0 amide bonds. The molecule has 0 saturated heterocycles. The van der Waals surface area contributed by atoms with Gasteiger partial charge in [-0.2, -0.15) is 8.78 Å². The number of nitrogens with zero attached hydrogens (tertiary/aromatic N) is 2. The van der Waals surface area contributed by atoms with Gasteiger partial charge in [0.15, 0.2) is 5.96 Å². The third-order valence-electron chi connectivity index (χ3n) is 3.22. The first-order valence-electron chi connectivity index (χ1n) is 7.53. The van der Waals surface area contributed by atoms with Gasteiger partial charge in [0, 0.05) is 30.2 Å². The Bertz CT molecular complexity index is 682. The molecule has 1 heterocycles. The van der Waals surface area contributed by atoms with Crippen LogP contribution in [0.2, 0.25) is 0 Å². The number of ether oxygens (including phenoxy) is 1. The number of nitrogens with one attached hydrogen (secondary N) is 2. The average molecular weight is 482 g/mol. The van der Waals surface area contributed by atoms with Crippen LogP contribution in [0.5, 0.6) is 5.75 Å². The zero-order valence-electron chi connectivity index (χ0n) is 14.0. The van der Waals surface area contributed by atoms with E-state index in [2.05, 4.69) is 32.3 Å². The van der Waals surface area contributed by atoms with Crippen molar-refractivity contribution in [3.05, 3.63) is 45.9 Å². The fourth-order valence-corrected chi connectivity index (χ4v) is 2.82. The van der Waals surface area contributed by atoms with Crippen molar-refractivity contribution in [2.45, 2.75) is 33.0 Å². The molecule has 1 aromatic heterocycles. The van der Waals surface area contributed by atoms with Crippen LogP contribution in [-0.4, -0.2) is 24.6 Å². The fourth-order valence-electron chi connectivity index (χ4n) is 2.01. The largest absolute Gasteiger partial charge is 0.434 e. The van der Waals surface area contributed by atoms with Crippen LogP contribution in [0.1, 0.15) is 22.4 Å². The minimum Gasteiger partial charge on any atom is -0.434 e. The molecule has 25 heavy (non-hydrogen) atoms. The first-order chi connectivity index (χ1) is 11.6. The molecule has 0 fully saturated rings. The number of thiazole rings is 1. The number of aliphatic imine (C=N–C) groups is 1. The van der Waals surface area contributed by atoms with Gasteiger partial charge in [0.25, 0.3) is 0 Å². The molecule has 2 N–H and O–H groups in total. The smallest absolute Gasteiger partial charge is 0.387 e. The van der Waals surface area contributed by atoms with Crippen molar-refractivity contribution in [1.82, 2.24) is 15.6 Å². The second kappa shape index (κ2) is 11.2. The molecular weight excluding hydrogens is 461 g/mol. The minimum atomic E-state index is -2.85. The van der Waals surface area contributed by atoms with Gasteiger partial charge in [0.05, 0.1) is 6.54 Å². The number of benzene rings is 1. The number of hydrogen-bond acceptors (Lipinski definition) is 4. The van der Waals surface area contributed by atoms with Crippen molar-refractivity contribution in [2.75, 3.05) is 7.05 Å². The van der Waals surface area contributed by atoms with Crippen molar-refractivity contribution < 1.29 is 13.5 Å². The van der Waals surface area contributed by atoms with Gasteiger partial charge in [-0.05, 0) is 12.5 Å². The second-order valence-electron chi connectivity index (χ2n) is 4.84. The van der Waals surface area contributed by atoms with Crippen LogP contribution in [0.4, 0.5) is 8.78 Å². The highest BCUT2D eigenvalue weighted by atomic mass is 127. The molecule has 2 rings (SSSR count). The number of aromatic nitrogens is 1. The molecule has 0 saturated carbocycles. The number of rotatable bonds is 7. The first-order valence-corrected chi connectivity index (χ1v) is 8.34. The highest BCUT2D eigenvalue weighted by Gasteiger charge is 2.09. The summed E-state index contributed by atoms with van der Waals surface area (Å²) in [5.74, 6) is 0.720. The number of guanidine groups is 1. The van der Waals surface area contributed by atoms with E-state index in [1.165, 1.54) is 10.9 Å². The zero-order valence-corrected chi connectivity index (χ0v) is 17.1. The Morgan fingerprint density at radius 3 is 2.64 bits per heavy atom. The molecule has 1 aromatic carbocycles. The number of alkyl halides is 2. The third kappa shape index (κ3) is 7.10. The summed E-state index contributed by atoms with van der Waals surface area (Å²) in [4.78, 5) is 9.68. The quantitative estimate of drug-likeness (QED) is 0.358. The fraction of sp³-hybridized carbons (Fsp3) is 0.375. The monoisotopic (exact) mass is 482 g/mol. The van der Waals surface area contributed by atoms with Crippen molar-refractivity contribution in [2.24, 2.45) is 4.99 Å². The number of halogens is 3. The maximum Gasteiger partial charge on any atom is 0.387 e. The molecule has 0 aliphatic heterocycles. The lowest BCUT2D eigenvalue weighted by Gasteiger charge is -2.14. The van der Waals surface area contributed by atoms with E-state index >= 15 is 0 Å². The zero-order chi connectivity index (χ0) is 17.4. The van der Waals surface area contributed by atoms with Gasteiger partial charge in [0.2, 0.25) is 0 Å². The van der Waals surface area contributed by atoms with E-state index < -0.39 is 6.61 Å². The lowest BCUT2D eigenvalue weighted by molar-refractivity contribution is -0.0504. The number of para-hydroxylation sites is 1.